The average molecular weight is 578 g/mol. The second kappa shape index (κ2) is 10.8. The summed E-state index contributed by atoms with van der Waals surface area (Å²) in [6, 6.07) is 10.2. The van der Waals surface area contributed by atoms with Crippen molar-refractivity contribution < 1.29 is 9.18 Å². The van der Waals surface area contributed by atoms with Gasteiger partial charge < -0.3 is 24.5 Å². The van der Waals surface area contributed by atoms with Gasteiger partial charge in [-0.2, -0.15) is 4.98 Å². The summed E-state index contributed by atoms with van der Waals surface area (Å²) < 4.78 is 16.8. The Morgan fingerprint density at radius 1 is 1.12 bits per heavy atom. The first kappa shape index (κ1) is 27.7. The lowest BCUT2D eigenvalue weighted by Crippen LogP contribution is -2.59. The van der Waals surface area contributed by atoms with Crippen LogP contribution in [0.15, 0.2) is 43.0 Å². The third-order valence-electron chi connectivity index (χ3n) is 8.80. The zero-order valence-corrected chi connectivity index (χ0v) is 24.9. The Morgan fingerprint density at radius 2 is 1.88 bits per heavy atom. The van der Waals surface area contributed by atoms with Gasteiger partial charge in [0, 0.05) is 61.9 Å². The van der Waals surface area contributed by atoms with Crippen molar-refractivity contribution in [1.82, 2.24) is 19.8 Å². The standard InChI is InChI=1S/C31H37ClFN7O/c1-6-26(41)39-15-20(3)40(16-19(39)2)30-23-14-24(32)29(38-13-9-11-21-10-7-8-12-25(21)38)27(33)28(23)34-31(35-30)37-17-22(18-37)36(4)5/h6-8,10,12,14,19-20,22H,1,9,11,13,15-18H2,2-5H3/t19-,20+/m1/s1. The Kier molecular flexibility index (Phi) is 7.28. The van der Waals surface area contributed by atoms with E-state index < -0.39 is 5.82 Å². The number of likely N-dealkylation sites (N-methyl/N-ethyl adjacent to an activating group) is 1. The zero-order valence-electron chi connectivity index (χ0n) is 24.1. The lowest BCUT2D eigenvalue weighted by molar-refractivity contribution is -0.128. The van der Waals surface area contributed by atoms with Crippen LogP contribution in [-0.2, 0) is 11.2 Å². The molecule has 0 bridgehead atoms. The van der Waals surface area contributed by atoms with Gasteiger partial charge in [-0.3, -0.25) is 4.79 Å². The molecule has 41 heavy (non-hydrogen) atoms. The molecule has 10 heteroatoms. The summed E-state index contributed by atoms with van der Waals surface area (Å²) >= 11 is 6.93. The van der Waals surface area contributed by atoms with Crippen LogP contribution in [0.3, 0.4) is 0 Å². The lowest BCUT2D eigenvalue weighted by atomic mass is 10.0. The predicted octanol–water partition coefficient (Wildman–Crippen LogP) is 4.87. The van der Waals surface area contributed by atoms with Crippen LogP contribution in [0.25, 0.3) is 10.9 Å². The van der Waals surface area contributed by atoms with Gasteiger partial charge >= 0.3 is 0 Å². The maximum atomic E-state index is 16.8. The molecule has 0 saturated carbocycles. The summed E-state index contributed by atoms with van der Waals surface area (Å²) in [6.07, 6.45) is 3.22. The fourth-order valence-corrected chi connectivity index (χ4v) is 6.62. The number of carbonyl (C=O) groups excluding carboxylic acids is 1. The average Bonchev–Trinajstić information content (AvgIpc) is 2.93. The monoisotopic (exact) mass is 577 g/mol. The fourth-order valence-electron chi connectivity index (χ4n) is 6.32. The number of hydrogen-bond donors (Lipinski definition) is 0. The number of piperazine rings is 1. The highest BCUT2D eigenvalue weighted by Crippen LogP contribution is 2.44. The number of carbonyl (C=O) groups is 1. The topological polar surface area (TPSA) is 59.1 Å². The van der Waals surface area contributed by atoms with Gasteiger partial charge in [-0.05, 0) is 64.6 Å². The molecule has 8 nitrogen and oxygen atoms in total. The van der Waals surface area contributed by atoms with E-state index in [9.17, 15) is 4.79 Å². The summed E-state index contributed by atoms with van der Waals surface area (Å²) in [5.74, 6) is 0.643. The van der Waals surface area contributed by atoms with Gasteiger partial charge in [-0.25, -0.2) is 9.37 Å². The summed E-state index contributed by atoms with van der Waals surface area (Å²) in [5, 5.41) is 0.916. The normalized spacial score (nSPS) is 21.3. The Morgan fingerprint density at radius 3 is 2.61 bits per heavy atom. The van der Waals surface area contributed by atoms with Crippen molar-refractivity contribution in [3.05, 3.63) is 59.4 Å². The van der Waals surface area contributed by atoms with Crippen molar-refractivity contribution in [2.45, 2.75) is 44.8 Å². The third kappa shape index (κ3) is 4.78. The van der Waals surface area contributed by atoms with Gasteiger partial charge in [0.2, 0.25) is 11.9 Å². The summed E-state index contributed by atoms with van der Waals surface area (Å²) in [4.78, 5) is 32.6. The first-order chi connectivity index (χ1) is 19.7. The van der Waals surface area contributed by atoms with Crippen molar-refractivity contribution in [3.63, 3.8) is 0 Å². The van der Waals surface area contributed by atoms with Crippen LogP contribution in [0, 0.1) is 5.82 Å². The van der Waals surface area contributed by atoms with E-state index in [0.717, 1.165) is 31.6 Å². The molecule has 3 aliphatic rings. The third-order valence-corrected chi connectivity index (χ3v) is 9.09. The van der Waals surface area contributed by atoms with E-state index in [0.29, 0.717) is 53.5 Å². The molecule has 0 aliphatic carbocycles. The predicted molar refractivity (Wildman–Crippen MR) is 164 cm³/mol. The van der Waals surface area contributed by atoms with Gasteiger partial charge in [0.1, 0.15) is 11.3 Å². The van der Waals surface area contributed by atoms with E-state index in [1.807, 2.05) is 41.0 Å². The Hall–Kier alpha value is -3.43. The van der Waals surface area contributed by atoms with Gasteiger partial charge in [0.15, 0.2) is 5.82 Å². The number of halogens is 2. The minimum absolute atomic E-state index is 0.0533. The van der Waals surface area contributed by atoms with Gasteiger partial charge in [-0.15, -0.1) is 0 Å². The summed E-state index contributed by atoms with van der Waals surface area (Å²) in [5.41, 5.74) is 2.79. The molecule has 6 rings (SSSR count). The number of aryl methyl sites for hydroxylation is 1. The lowest BCUT2D eigenvalue weighted by Gasteiger charge is -2.45. The number of amides is 1. The number of hydrogen-bond acceptors (Lipinski definition) is 7. The Labute approximate surface area is 246 Å². The van der Waals surface area contributed by atoms with Crippen molar-refractivity contribution >= 4 is 51.6 Å². The van der Waals surface area contributed by atoms with Crippen molar-refractivity contribution in [2.75, 3.05) is 61.5 Å². The van der Waals surface area contributed by atoms with Crippen LogP contribution in [0.1, 0.15) is 25.8 Å². The SMILES string of the molecule is C=CC(=O)N1C[C@H](C)N(c2nc(N3CC(N(C)C)C3)nc3c(F)c(N4CCCc5ccccc54)c(Cl)cc23)C[C@H]1C. The second-order valence-corrected chi connectivity index (χ2v) is 12.1. The highest BCUT2D eigenvalue weighted by Gasteiger charge is 2.36. The number of aromatic nitrogens is 2. The van der Waals surface area contributed by atoms with Crippen molar-refractivity contribution in [2.24, 2.45) is 0 Å². The molecule has 2 fully saturated rings. The largest absolute Gasteiger partial charge is 0.349 e. The Bertz CT molecular complexity index is 1510. The van der Waals surface area contributed by atoms with Crippen LogP contribution in [0.2, 0.25) is 5.02 Å². The first-order valence-corrected chi connectivity index (χ1v) is 14.7. The molecule has 1 amide bonds. The molecule has 1 aromatic heterocycles. The number of benzene rings is 2. The first-order valence-electron chi connectivity index (χ1n) is 14.3. The summed E-state index contributed by atoms with van der Waals surface area (Å²) in [7, 11) is 4.12. The minimum Gasteiger partial charge on any atom is -0.349 e. The number of nitrogens with zero attached hydrogens (tertiary/aromatic N) is 7. The molecule has 2 aromatic carbocycles. The van der Waals surface area contributed by atoms with Crippen LogP contribution < -0.4 is 14.7 Å². The maximum Gasteiger partial charge on any atom is 0.246 e. The highest BCUT2D eigenvalue weighted by molar-refractivity contribution is 6.34. The van der Waals surface area contributed by atoms with Gasteiger partial charge in [0.05, 0.1) is 10.7 Å². The number of anilines is 4. The van der Waals surface area contributed by atoms with E-state index in [2.05, 4.69) is 48.4 Å². The van der Waals surface area contributed by atoms with Crippen LogP contribution in [-0.4, -0.2) is 90.6 Å². The summed E-state index contributed by atoms with van der Waals surface area (Å²) in [6.45, 7) is 11.0. The molecule has 0 radical (unpaired) electrons. The quantitative estimate of drug-likeness (QED) is 0.401. The highest BCUT2D eigenvalue weighted by atomic mass is 35.5. The molecule has 2 saturated heterocycles. The molecule has 3 aliphatic heterocycles. The van der Waals surface area contributed by atoms with E-state index in [1.165, 1.54) is 11.6 Å². The molecule has 2 atom stereocenters. The van der Waals surface area contributed by atoms with Crippen LogP contribution >= 0.6 is 11.6 Å². The van der Waals surface area contributed by atoms with Gasteiger partial charge in [-0.1, -0.05) is 36.4 Å². The fraction of sp³-hybridized carbons (Fsp3) is 0.452. The van der Waals surface area contributed by atoms with Gasteiger partial charge in [0.25, 0.3) is 0 Å². The van der Waals surface area contributed by atoms with E-state index in [-0.39, 0.29) is 23.5 Å². The van der Waals surface area contributed by atoms with Crippen LogP contribution in [0.5, 0.6) is 0 Å². The van der Waals surface area contributed by atoms with Crippen molar-refractivity contribution in [3.8, 4) is 0 Å². The Balaban J connectivity index is 1.48. The molecule has 4 heterocycles. The zero-order chi connectivity index (χ0) is 29.0. The number of fused-ring (bicyclic) bond motifs is 2. The molecule has 0 N–H and O–H groups in total. The molecular weight excluding hydrogens is 541 g/mol. The second-order valence-electron chi connectivity index (χ2n) is 11.7. The molecule has 3 aromatic rings. The molecule has 216 valence electrons. The smallest absolute Gasteiger partial charge is 0.246 e. The van der Waals surface area contributed by atoms with E-state index in [4.69, 9.17) is 21.6 Å². The van der Waals surface area contributed by atoms with Crippen molar-refractivity contribution in [1.29, 1.82) is 0 Å². The molecule has 0 unspecified atom stereocenters. The number of para-hydroxylation sites is 1. The minimum atomic E-state index is -0.431. The molecular formula is C31H37ClFN7O. The van der Waals surface area contributed by atoms with Crippen LogP contribution in [0.4, 0.5) is 27.5 Å². The van der Waals surface area contributed by atoms with E-state index in [1.54, 1.807) is 0 Å². The molecule has 0 spiro atoms. The number of rotatable bonds is 5. The van der Waals surface area contributed by atoms with E-state index >= 15 is 4.39 Å². The maximum absolute atomic E-state index is 16.8.